The van der Waals surface area contributed by atoms with Crippen molar-refractivity contribution in [3.63, 3.8) is 0 Å². The molecular formula is C24H29FN2O4S. The van der Waals surface area contributed by atoms with E-state index in [2.05, 4.69) is 5.32 Å². The van der Waals surface area contributed by atoms with Crippen molar-refractivity contribution in [3.05, 3.63) is 53.8 Å². The molecule has 2 aliphatic rings. The van der Waals surface area contributed by atoms with Crippen LogP contribution in [0.25, 0.3) is 0 Å². The number of ether oxygens (including phenoxy) is 1. The second kappa shape index (κ2) is 9.19. The van der Waals surface area contributed by atoms with Crippen LogP contribution >= 0.6 is 0 Å². The van der Waals surface area contributed by atoms with Gasteiger partial charge >= 0.3 is 0 Å². The van der Waals surface area contributed by atoms with E-state index in [0.717, 1.165) is 32.1 Å². The number of halogens is 1. The number of benzene rings is 2. The number of hydrogen-bond acceptors (Lipinski definition) is 4. The summed E-state index contributed by atoms with van der Waals surface area (Å²) in [5.41, 5.74) is 0.108. The Kier molecular flexibility index (Phi) is 6.53. The number of anilines is 1. The van der Waals surface area contributed by atoms with Gasteiger partial charge < -0.3 is 10.1 Å². The lowest BCUT2D eigenvalue weighted by atomic mass is 9.63. The fourth-order valence-electron chi connectivity index (χ4n) is 4.58. The first-order valence-electron chi connectivity index (χ1n) is 11.1. The Balaban J connectivity index is 1.64. The van der Waals surface area contributed by atoms with Crippen molar-refractivity contribution < 1.29 is 22.3 Å². The molecule has 8 heteroatoms. The maximum Gasteiger partial charge on any atom is 0.243 e. The van der Waals surface area contributed by atoms with Crippen molar-refractivity contribution in [2.24, 2.45) is 0 Å². The van der Waals surface area contributed by atoms with Crippen LogP contribution < -0.4 is 10.1 Å². The molecule has 0 unspecified atom stereocenters. The Morgan fingerprint density at radius 3 is 2.34 bits per heavy atom. The SMILES string of the molecule is COc1ccc(S(=O)(=O)N2CCCCCC2)cc1NC(=O)C1(c2cccc(F)c2)CCC1. The van der Waals surface area contributed by atoms with Crippen LogP contribution in [0, 0.1) is 5.82 Å². The Hall–Kier alpha value is -2.45. The minimum atomic E-state index is -3.68. The van der Waals surface area contributed by atoms with Crippen LogP contribution in [0.15, 0.2) is 47.4 Å². The van der Waals surface area contributed by atoms with Crippen LogP contribution in [0.5, 0.6) is 5.75 Å². The number of amides is 1. The first-order valence-corrected chi connectivity index (χ1v) is 12.6. The summed E-state index contributed by atoms with van der Waals surface area (Å²) in [5.74, 6) is -0.288. The minimum Gasteiger partial charge on any atom is -0.495 e. The molecule has 1 aliphatic heterocycles. The molecule has 2 aromatic carbocycles. The van der Waals surface area contributed by atoms with E-state index in [1.807, 2.05) is 0 Å². The van der Waals surface area contributed by atoms with Crippen molar-refractivity contribution in [1.29, 1.82) is 0 Å². The van der Waals surface area contributed by atoms with Gasteiger partial charge in [0.2, 0.25) is 15.9 Å². The third-order valence-corrected chi connectivity index (χ3v) is 8.54. The molecule has 172 valence electrons. The van der Waals surface area contributed by atoms with Crippen LogP contribution in [0.4, 0.5) is 10.1 Å². The molecule has 1 heterocycles. The molecule has 32 heavy (non-hydrogen) atoms. The van der Waals surface area contributed by atoms with Gasteiger partial charge in [0.05, 0.1) is 23.1 Å². The summed E-state index contributed by atoms with van der Waals surface area (Å²) >= 11 is 0. The zero-order valence-corrected chi connectivity index (χ0v) is 19.1. The summed E-state index contributed by atoms with van der Waals surface area (Å²) in [6.07, 6.45) is 5.82. The van der Waals surface area contributed by atoms with Crippen molar-refractivity contribution in [2.75, 3.05) is 25.5 Å². The van der Waals surface area contributed by atoms with Crippen molar-refractivity contribution in [2.45, 2.75) is 55.3 Å². The lowest BCUT2D eigenvalue weighted by molar-refractivity contribution is -0.124. The summed E-state index contributed by atoms with van der Waals surface area (Å²) in [4.78, 5) is 13.5. The quantitative estimate of drug-likeness (QED) is 0.691. The summed E-state index contributed by atoms with van der Waals surface area (Å²) in [6.45, 7) is 0.997. The fourth-order valence-corrected chi connectivity index (χ4v) is 6.13. The van der Waals surface area contributed by atoms with E-state index in [1.54, 1.807) is 18.2 Å². The minimum absolute atomic E-state index is 0.129. The van der Waals surface area contributed by atoms with Gasteiger partial charge in [-0.1, -0.05) is 31.4 Å². The Morgan fingerprint density at radius 1 is 1.03 bits per heavy atom. The van der Waals surface area contributed by atoms with Crippen molar-refractivity contribution in [3.8, 4) is 5.75 Å². The van der Waals surface area contributed by atoms with Crippen molar-refractivity contribution >= 4 is 21.6 Å². The van der Waals surface area contributed by atoms with E-state index in [0.29, 0.717) is 42.9 Å². The molecular weight excluding hydrogens is 431 g/mol. The molecule has 0 bridgehead atoms. The number of carbonyl (C=O) groups excluding carboxylic acids is 1. The first-order chi connectivity index (χ1) is 15.4. The fraction of sp³-hybridized carbons (Fsp3) is 0.458. The van der Waals surface area contributed by atoms with Crippen LogP contribution in [0.1, 0.15) is 50.5 Å². The molecule has 0 spiro atoms. The second-order valence-electron chi connectivity index (χ2n) is 8.58. The topological polar surface area (TPSA) is 75.7 Å². The average molecular weight is 461 g/mol. The maximum atomic E-state index is 13.8. The average Bonchev–Trinajstić information content (AvgIpc) is 3.03. The third kappa shape index (κ3) is 4.26. The van der Waals surface area contributed by atoms with E-state index in [1.165, 1.54) is 35.7 Å². The van der Waals surface area contributed by atoms with E-state index >= 15 is 0 Å². The van der Waals surface area contributed by atoms with Gasteiger partial charge in [0.1, 0.15) is 11.6 Å². The summed E-state index contributed by atoms with van der Waals surface area (Å²) < 4.78 is 47.2. The van der Waals surface area contributed by atoms with Crippen LogP contribution in [-0.2, 0) is 20.2 Å². The Bertz CT molecular complexity index is 1090. The lowest BCUT2D eigenvalue weighted by Gasteiger charge is -2.40. The van der Waals surface area contributed by atoms with E-state index < -0.39 is 15.4 Å². The number of carbonyl (C=O) groups is 1. The van der Waals surface area contributed by atoms with Gasteiger partial charge in [-0.3, -0.25) is 4.79 Å². The molecule has 0 aromatic heterocycles. The molecule has 0 radical (unpaired) electrons. The first kappa shape index (κ1) is 22.7. The predicted molar refractivity (Wildman–Crippen MR) is 121 cm³/mol. The highest BCUT2D eigenvalue weighted by atomic mass is 32.2. The number of rotatable bonds is 6. The molecule has 4 rings (SSSR count). The number of sulfonamides is 1. The summed E-state index contributed by atoms with van der Waals surface area (Å²) in [6, 6.07) is 10.7. The molecule has 2 aromatic rings. The molecule has 1 aliphatic carbocycles. The van der Waals surface area contributed by atoms with Gasteiger partial charge in [-0.2, -0.15) is 4.31 Å². The number of methoxy groups -OCH3 is 1. The monoisotopic (exact) mass is 460 g/mol. The molecule has 2 fully saturated rings. The standard InChI is InChI=1S/C24H29FN2O4S/c1-31-22-11-10-20(32(29,30)27-14-4-2-3-5-15-27)17-21(22)26-23(28)24(12-7-13-24)18-8-6-9-19(25)16-18/h6,8-11,16-17H,2-5,7,12-15H2,1H3,(H,26,28). The van der Waals surface area contributed by atoms with Gasteiger partial charge in [0, 0.05) is 13.1 Å². The van der Waals surface area contributed by atoms with Gasteiger partial charge in [0.15, 0.2) is 0 Å². The molecule has 1 saturated heterocycles. The van der Waals surface area contributed by atoms with E-state index in [4.69, 9.17) is 4.74 Å². The largest absolute Gasteiger partial charge is 0.495 e. The predicted octanol–water partition coefficient (Wildman–Crippen LogP) is 4.46. The van der Waals surface area contributed by atoms with Gasteiger partial charge in [-0.05, 0) is 61.6 Å². The number of nitrogens with one attached hydrogen (secondary N) is 1. The zero-order valence-electron chi connectivity index (χ0n) is 18.3. The van der Waals surface area contributed by atoms with Crippen LogP contribution in [-0.4, -0.2) is 38.8 Å². The second-order valence-corrected chi connectivity index (χ2v) is 10.5. The molecule has 1 amide bonds. The molecule has 1 saturated carbocycles. The third-order valence-electron chi connectivity index (χ3n) is 6.64. The normalized spacial score (nSPS) is 18.9. The lowest BCUT2D eigenvalue weighted by Crippen LogP contribution is -2.46. The highest BCUT2D eigenvalue weighted by Crippen LogP contribution is 2.45. The van der Waals surface area contributed by atoms with Crippen molar-refractivity contribution in [1.82, 2.24) is 4.31 Å². The van der Waals surface area contributed by atoms with Crippen LogP contribution in [0.3, 0.4) is 0 Å². The number of hydrogen-bond donors (Lipinski definition) is 1. The smallest absolute Gasteiger partial charge is 0.243 e. The molecule has 1 N–H and O–H groups in total. The summed E-state index contributed by atoms with van der Waals surface area (Å²) in [5, 5.41) is 2.88. The Labute approximate surface area is 188 Å². The van der Waals surface area contributed by atoms with Gasteiger partial charge in [0.25, 0.3) is 0 Å². The highest BCUT2D eigenvalue weighted by Gasteiger charge is 2.46. The van der Waals surface area contributed by atoms with Crippen LogP contribution in [0.2, 0.25) is 0 Å². The van der Waals surface area contributed by atoms with E-state index in [-0.39, 0.29) is 16.6 Å². The molecule has 6 nitrogen and oxygen atoms in total. The number of nitrogens with zero attached hydrogens (tertiary/aromatic N) is 1. The zero-order chi connectivity index (χ0) is 22.8. The van der Waals surface area contributed by atoms with Gasteiger partial charge in [-0.15, -0.1) is 0 Å². The molecule has 0 atom stereocenters. The highest BCUT2D eigenvalue weighted by molar-refractivity contribution is 7.89. The van der Waals surface area contributed by atoms with Gasteiger partial charge in [-0.25, -0.2) is 12.8 Å². The summed E-state index contributed by atoms with van der Waals surface area (Å²) in [7, 11) is -2.20. The van der Waals surface area contributed by atoms with E-state index in [9.17, 15) is 17.6 Å². The Morgan fingerprint density at radius 2 is 1.75 bits per heavy atom. The maximum absolute atomic E-state index is 13.8.